The lowest BCUT2D eigenvalue weighted by atomic mass is 9.97. The van der Waals surface area contributed by atoms with Crippen molar-refractivity contribution in [2.75, 3.05) is 30.8 Å². The number of benzene rings is 3. The van der Waals surface area contributed by atoms with Gasteiger partial charge in [0, 0.05) is 48.0 Å². The molecule has 2 amide bonds. The van der Waals surface area contributed by atoms with E-state index in [1.807, 2.05) is 56.3 Å². The van der Waals surface area contributed by atoms with Crippen LogP contribution in [0.2, 0.25) is 0 Å². The molecule has 5 aromatic rings. The second-order valence-electron chi connectivity index (χ2n) is 10.4. The number of carbonyl (C=O) groups is 2. The highest BCUT2D eigenvalue weighted by Gasteiger charge is 2.17. The van der Waals surface area contributed by atoms with E-state index in [-0.39, 0.29) is 37.1 Å². The smallest absolute Gasteiger partial charge is 0.411 e. The van der Waals surface area contributed by atoms with Crippen molar-refractivity contribution in [3.8, 4) is 11.5 Å². The van der Waals surface area contributed by atoms with Gasteiger partial charge < -0.3 is 24.4 Å². The van der Waals surface area contributed by atoms with Gasteiger partial charge in [0.2, 0.25) is 11.8 Å². The fraction of sp³-hybridized carbons (Fsp3) is 0.212. The molecule has 220 valence electrons. The molecule has 10 heteroatoms. The second kappa shape index (κ2) is 13.1. The number of aromatic amines is 1. The third-order valence-electron chi connectivity index (χ3n) is 7.25. The number of aromatic nitrogens is 2. The highest BCUT2D eigenvalue weighted by atomic mass is 16.5. The highest BCUT2D eigenvalue weighted by Crippen LogP contribution is 2.27. The third kappa shape index (κ3) is 7.10. The van der Waals surface area contributed by atoms with Crippen molar-refractivity contribution >= 4 is 34.1 Å². The van der Waals surface area contributed by atoms with Gasteiger partial charge in [0.1, 0.15) is 6.26 Å². The lowest BCUT2D eigenvalue weighted by Gasteiger charge is -2.20. The normalized spacial score (nSPS) is 11.6. The summed E-state index contributed by atoms with van der Waals surface area (Å²) in [5.41, 5.74) is 4.67. The summed E-state index contributed by atoms with van der Waals surface area (Å²) in [6, 6.07) is 20.5. The van der Waals surface area contributed by atoms with Crippen LogP contribution in [-0.4, -0.2) is 47.1 Å². The van der Waals surface area contributed by atoms with Crippen molar-refractivity contribution in [1.82, 2.24) is 14.9 Å². The summed E-state index contributed by atoms with van der Waals surface area (Å²) in [7, 11) is 1.69. The molecule has 2 heterocycles. The number of nitrogens with zero attached hydrogens (tertiary/aromatic N) is 2. The van der Waals surface area contributed by atoms with Crippen molar-refractivity contribution in [2.24, 2.45) is 0 Å². The summed E-state index contributed by atoms with van der Waals surface area (Å²) in [6.45, 7) is 4.52. The second-order valence-corrected chi connectivity index (χ2v) is 10.4. The molecule has 0 saturated heterocycles. The standard InChI is InChI=1S/C33H33N5O5/c1-21-6-4-5-7-27(21)22(2)20-43-33(41)37-26-10-11-28(32-35-14-15-42-32)24(16-26)19-38(3)30(39)18-36-25-9-8-23-12-13-34-31(40)29(23)17-25/h4-17,22,36H,18-20H2,1-3H3,(H,34,40)(H,37,41). The topological polar surface area (TPSA) is 130 Å². The number of hydrogen-bond donors (Lipinski definition) is 3. The molecule has 10 nitrogen and oxygen atoms in total. The number of likely N-dealkylation sites (N-methyl/N-ethyl adjacent to an activating group) is 1. The summed E-state index contributed by atoms with van der Waals surface area (Å²) >= 11 is 0. The Balaban J connectivity index is 1.24. The number of hydrogen-bond acceptors (Lipinski definition) is 7. The molecule has 43 heavy (non-hydrogen) atoms. The van der Waals surface area contributed by atoms with E-state index in [0.717, 1.165) is 22.1 Å². The van der Waals surface area contributed by atoms with Gasteiger partial charge in [-0.25, -0.2) is 9.78 Å². The summed E-state index contributed by atoms with van der Waals surface area (Å²) in [6.07, 6.45) is 4.05. The SMILES string of the molecule is Cc1ccccc1C(C)COC(=O)Nc1ccc(-c2ncco2)c(CN(C)C(=O)CNc2ccc3cc[nH]c(=O)c3c2)c1. The number of rotatable bonds is 10. The lowest BCUT2D eigenvalue weighted by molar-refractivity contribution is -0.128. The fourth-order valence-electron chi connectivity index (χ4n) is 4.90. The van der Waals surface area contributed by atoms with Crippen molar-refractivity contribution in [3.05, 3.63) is 112 Å². The first-order valence-electron chi connectivity index (χ1n) is 13.9. The van der Waals surface area contributed by atoms with E-state index in [9.17, 15) is 14.4 Å². The summed E-state index contributed by atoms with van der Waals surface area (Å²) in [4.78, 5) is 46.3. The Hall–Kier alpha value is -5.38. The Morgan fingerprint density at radius 2 is 1.88 bits per heavy atom. The van der Waals surface area contributed by atoms with Gasteiger partial charge >= 0.3 is 6.09 Å². The van der Waals surface area contributed by atoms with Crippen LogP contribution in [0.15, 0.2) is 94.6 Å². The van der Waals surface area contributed by atoms with Crippen molar-refractivity contribution in [2.45, 2.75) is 26.3 Å². The molecular formula is C33H33N5O5. The van der Waals surface area contributed by atoms with Gasteiger partial charge in [-0.3, -0.25) is 14.9 Å². The number of aryl methyl sites for hydroxylation is 1. The summed E-state index contributed by atoms with van der Waals surface area (Å²) in [5.74, 6) is 0.262. The Kier molecular flexibility index (Phi) is 8.85. The molecular weight excluding hydrogens is 546 g/mol. The minimum atomic E-state index is -0.571. The summed E-state index contributed by atoms with van der Waals surface area (Å²) in [5, 5.41) is 7.24. The van der Waals surface area contributed by atoms with Crippen LogP contribution in [-0.2, 0) is 16.1 Å². The number of anilines is 2. The largest absolute Gasteiger partial charge is 0.449 e. The van der Waals surface area contributed by atoms with E-state index in [1.165, 1.54) is 6.26 Å². The molecule has 1 unspecified atom stereocenters. The van der Waals surface area contributed by atoms with Gasteiger partial charge in [0.15, 0.2) is 0 Å². The predicted octanol–water partition coefficient (Wildman–Crippen LogP) is 5.91. The van der Waals surface area contributed by atoms with Crippen LogP contribution >= 0.6 is 0 Å². The van der Waals surface area contributed by atoms with E-state index in [0.29, 0.717) is 28.2 Å². The molecule has 2 aromatic heterocycles. The summed E-state index contributed by atoms with van der Waals surface area (Å²) < 4.78 is 11.0. The van der Waals surface area contributed by atoms with Gasteiger partial charge in [-0.2, -0.15) is 0 Å². The number of pyridine rings is 1. The van der Waals surface area contributed by atoms with Crippen molar-refractivity contribution in [3.63, 3.8) is 0 Å². The van der Waals surface area contributed by atoms with Crippen LogP contribution in [0.1, 0.15) is 29.5 Å². The first-order chi connectivity index (χ1) is 20.8. The van der Waals surface area contributed by atoms with E-state index < -0.39 is 6.09 Å². The van der Waals surface area contributed by atoms with Crippen LogP contribution in [0.25, 0.3) is 22.2 Å². The van der Waals surface area contributed by atoms with Crippen molar-refractivity contribution < 1.29 is 18.7 Å². The molecule has 5 rings (SSSR count). The quantitative estimate of drug-likeness (QED) is 0.187. The zero-order valence-electron chi connectivity index (χ0n) is 24.2. The number of amides is 2. The molecule has 0 aliphatic carbocycles. The molecule has 1 atom stereocenters. The number of fused-ring (bicyclic) bond motifs is 1. The maximum absolute atomic E-state index is 13.1. The average molecular weight is 580 g/mol. The number of oxazole rings is 1. The highest BCUT2D eigenvalue weighted by molar-refractivity contribution is 5.87. The minimum Gasteiger partial charge on any atom is -0.449 e. The monoisotopic (exact) mass is 579 g/mol. The number of ether oxygens (including phenoxy) is 1. The van der Waals surface area contributed by atoms with Gasteiger partial charge in [-0.15, -0.1) is 0 Å². The van der Waals surface area contributed by atoms with E-state index in [1.54, 1.807) is 48.6 Å². The van der Waals surface area contributed by atoms with E-state index in [2.05, 4.69) is 20.6 Å². The number of H-pyrrole nitrogens is 1. The Bertz CT molecular complexity index is 1800. The maximum atomic E-state index is 13.1. The number of carbonyl (C=O) groups excluding carboxylic acids is 2. The average Bonchev–Trinajstić information content (AvgIpc) is 3.54. The van der Waals surface area contributed by atoms with Crippen LogP contribution in [0.4, 0.5) is 16.2 Å². The molecule has 0 radical (unpaired) electrons. The van der Waals surface area contributed by atoms with Gasteiger partial charge in [-0.05, 0) is 65.4 Å². The van der Waals surface area contributed by atoms with Gasteiger partial charge in [-0.1, -0.05) is 37.3 Å². The maximum Gasteiger partial charge on any atom is 0.411 e. The van der Waals surface area contributed by atoms with E-state index >= 15 is 0 Å². The van der Waals surface area contributed by atoms with Crippen LogP contribution < -0.4 is 16.2 Å². The van der Waals surface area contributed by atoms with Gasteiger partial charge in [0.25, 0.3) is 5.56 Å². The van der Waals surface area contributed by atoms with Crippen LogP contribution in [0.5, 0.6) is 0 Å². The van der Waals surface area contributed by atoms with Crippen LogP contribution in [0.3, 0.4) is 0 Å². The zero-order valence-corrected chi connectivity index (χ0v) is 24.2. The first kappa shape index (κ1) is 29.1. The van der Waals surface area contributed by atoms with Crippen molar-refractivity contribution in [1.29, 1.82) is 0 Å². The Morgan fingerprint density at radius 1 is 1.07 bits per heavy atom. The Morgan fingerprint density at radius 3 is 2.67 bits per heavy atom. The molecule has 0 aliphatic rings. The molecule has 0 fully saturated rings. The molecule has 3 aromatic carbocycles. The molecule has 0 bridgehead atoms. The van der Waals surface area contributed by atoms with E-state index in [4.69, 9.17) is 9.15 Å². The minimum absolute atomic E-state index is 0.0183. The Labute approximate surface area is 248 Å². The number of nitrogens with one attached hydrogen (secondary N) is 3. The van der Waals surface area contributed by atoms with Crippen LogP contribution in [0, 0.1) is 6.92 Å². The fourth-order valence-corrected chi connectivity index (χ4v) is 4.90. The molecule has 0 spiro atoms. The first-order valence-corrected chi connectivity index (χ1v) is 13.9. The zero-order chi connectivity index (χ0) is 30.3. The molecule has 0 saturated carbocycles. The molecule has 0 aliphatic heterocycles. The predicted molar refractivity (Wildman–Crippen MR) is 166 cm³/mol. The van der Waals surface area contributed by atoms with Gasteiger partial charge in [0.05, 0.1) is 19.3 Å². The lowest BCUT2D eigenvalue weighted by Crippen LogP contribution is -2.32. The third-order valence-corrected chi connectivity index (χ3v) is 7.25. The molecule has 3 N–H and O–H groups in total.